The molecule has 1 aromatic heterocycles. The number of urea groups is 1. The summed E-state index contributed by atoms with van der Waals surface area (Å²) in [7, 11) is 0. The third-order valence-corrected chi connectivity index (χ3v) is 5.68. The first-order valence-electron chi connectivity index (χ1n) is 11.2. The number of nitrogens with one attached hydrogen (secondary N) is 2. The highest BCUT2D eigenvalue weighted by Gasteiger charge is 2.44. The summed E-state index contributed by atoms with van der Waals surface area (Å²) in [5.41, 5.74) is 7.44. The van der Waals surface area contributed by atoms with Crippen LogP contribution < -0.4 is 16.4 Å². The molecule has 37 heavy (non-hydrogen) atoms. The molecule has 1 fully saturated rings. The van der Waals surface area contributed by atoms with Crippen LogP contribution in [0.15, 0.2) is 65.1 Å². The molecule has 2 heterocycles. The van der Waals surface area contributed by atoms with Gasteiger partial charge in [0.15, 0.2) is 11.9 Å². The smallest absolute Gasteiger partial charge is 0.395 e. The minimum atomic E-state index is -1.40. The van der Waals surface area contributed by atoms with Crippen LogP contribution in [0.3, 0.4) is 0 Å². The lowest BCUT2D eigenvalue weighted by atomic mass is 10.1. The van der Waals surface area contributed by atoms with Gasteiger partial charge in [0.25, 0.3) is 11.8 Å². The number of halogens is 1. The van der Waals surface area contributed by atoms with Gasteiger partial charge < -0.3 is 25.7 Å². The zero-order chi connectivity index (χ0) is 26.5. The van der Waals surface area contributed by atoms with Gasteiger partial charge in [-0.3, -0.25) is 24.6 Å². The Kier molecular flexibility index (Phi) is 7.44. The quantitative estimate of drug-likeness (QED) is 0.324. The van der Waals surface area contributed by atoms with Crippen molar-refractivity contribution in [3.8, 4) is 0 Å². The van der Waals surface area contributed by atoms with E-state index in [1.54, 1.807) is 12.1 Å². The maximum absolute atomic E-state index is 13.6. The minimum absolute atomic E-state index is 0.0313. The normalized spacial score (nSPS) is 14.9. The van der Waals surface area contributed by atoms with Crippen LogP contribution in [0.2, 0.25) is 0 Å². The minimum Gasteiger partial charge on any atom is -0.395 e. The second-order valence-electron chi connectivity index (χ2n) is 8.14. The van der Waals surface area contributed by atoms with Crippen LogP contribution in [0.1, 0.15) is 21.7 Å². The summed E-state index contributed by atoms with van der Waals surface area (Å²) in [6, 6.07) is 13.8. The van der Waals surface area contributed by atoms with Gasteiger partial charge in [0.05, 0.1) is 6.07 Å². The zero-order valence-electron chi connectivity index (χ0n) is 19.4. The summed E-state index contributed by atoms with van der Waals surface area (Å²) in [4.78, 5) is 51.9. The number of benzene rings is 2. The molecule has 192 valence electrons. The molecule has 1 aliphatic rings. The van der Waals surface area contributed by atoms with E-state index in [1.165, 1.54) is 18.2 Å². The Bertz CT molecular complexity index is 1340. The monoisotopic (exact) mass is 510 g/mol. The van der Waals surface area contributed by atoms with Crippen molar-refractivity contribution < 1.29 is 28.1 Å². The number of carbonyl (C=O) groups is 3. The van der Waals surface area contributed by atoms with Crippen LogP contribution in [0.25, 0.3) is 0 Å². The third-order valence-electron chi connectivity index (χ3n) is 5.68. The number of anilines is 1. The van der Waals surface area contributed by atoms with E-state index < -0.39 is 40.6 Å². The van der Waals surface area contributed by atoms with Crippen molar-refractivity contribution in [3.05, 3.63) is 93.5 Å². The second kappa shape index (κ2) is 10.9. The second-order valence-corrected chi connectivity index (χ2v) is 8.14. The molecule has 0 saturated carbocycles. The third kappa shape index (κ3) is 5.73. The van der Waals surface area contributed by atoms with E-state index in [0.29, 0.717) is 6.54 Å². The van der Waals surface area contributed by atoms with E-state index >= 15 is 0 Å². The molecule has 1 aliphatic heterocycles. The van der Waals surface area contributed by atoms with Crippen molar-refractivity contribution in [1.29, 1.82) is 0 Å². The van der Waals surface area contributed by atoms with E-state index in [4.69, 9.17) is 10.2 Å². The number of rotatable bonds is 7. The van der Waals surface area contributed by atoms with Gasteiger partial charge in [-0.25, -0.2) is 9.18 Å². The fourth-order valence-corrected chi connectivity index (χ4v) is 3.93. The van der Waals surface area contributed by atoms with Crippen molar-refractivity contribution in [2.75, 3.05) is 18.4 Å². The van der Waals surface area contributed by atoms with Crippen molar-refractivity contribution in [1.82, 2.24) is 15.1 Å². The lowest BCUT2D eigenvalue weighted by molar-refractivity contribution is -0.402. The summed E-state index contributed by atoms with van der Waals surface area (Å²) in [5, 5.41) is 16.2. The highest BCUT2D eigenvalue weighted by atomic mass is 19.1. The number of amides is 4. The number of nitrogens with zero attached hydrogens (tertiary/aromatic N) is 3. The molecule has 0 radical (unpaired) electrons. The fourth-order valence-electron chi connectivity index (χ4n) is 3.93. The molecule has 4 amide bonds. The number of carbonyl (C=O) groups excluding carboxylic acids is 3. The lowest BCUT2D eigenvalue weighted by Crippen LogP contribution is -2.54. The number of furan rings is 1. The molecule has 13 heteroatoms. The number of hydrogen-bond donors (Lipinski definition) is 3. The molecule has 4 rings (SSSR count). The van der Waals surface area contributed by atoms with Gasteiger partial charge in [0.1, 0.15) is 10.7 Å². The number of nitro groups is 1. The molecular weight excluding hydrogens is 487 g/mol. The predicted octanol–water partition coefficient (Wildman–Crippen LogP) is 2.42. The Labute approximate surface area is 210 Å². The molecule has 0 bridgehead atoms. The summed E-state index contributed by atoms with van der Waals surface area (Å²) in [5.74, 6) is -3.03. The topological polar surface area (TPSA) is 164 Å². The van der Waals surface area contributed by atoms with E-state index in [2.05, 4.69) is 10.6 Å². The Hall–Kier alpha value is -4.78. The summed E-state index contributed by atoms with van der Waals surface area (Å²) in [6.07, 6.45) is -1.40. The molecule has 0 aliphatic carbocycles. The van der Waals surface area contributed by atoms with Gasteiger partial charge in [0, 0.05) is 31.9 Å². The summed E-state index contributed by atoms with van der Waals surface area (Å²) in [6.45, 7) is 0.327. The van der Waals surface area contributed by atoms with Gasteiger partial charge in [-0.15, -0.1) is 0 Å². The van der Waals surface area contributed by atoms with Crippen molar-refractivity contribution in [2.45, 2.75) is 19.3 Å². The maximum Gasteiger partial charge on any atom is 0.433 e. The van der Waals surface area contributed by atoms with Crippen LogP contribution >= 0.6 is 0 Å². The lowest BCUT2D eigenvalue weighted by Gasteiger charge is -2.28. The van der Waals surface area contributed by atoms with Crippen LogP contribution in [-0.2, 0) is 17.9 Å². The predicted molar refractivity (Wildman–Crippen MR) is 128 cm³/mol. The first kappa shape index (κ1) is 25.3. The summed E-state index contributed by atoms with van der Waals surface area (Å²) < 4.78 is 18.6. The zero-order valence-corrected chi connectivity index (χ0v) is 19.4. The molecule has 0 spiro atoms. The van der Waals surface area contributed by atoms with Gasteiger partial charge in [-0.1, -0.05) is 30.3 Å². The van der Waals surface area contributed by atoms with Crippen molar-refractivity contribution in [3.63, 3.8) is 0 Å². The Morgan fingerprint density at radius 2 is 1.78 bits per heavy atom. The van der Waals surface area contributed by atoms with E-state index in [9.17, 15) is 28.9 Å². The van der Waals surface area contributed by atoms with Gasteiger partial charge >= 0.3 is 11.9 Å². The molecule has 1 atom stereocenters. The first-order chi connectivity index (χ1) is 17.8. The average Bonchev–Trinajstić information content (AvgIpc) is 3.55. The van der Waals surface area contributed by atoms with Crippen LogP contribution in [0.5, 0.6) is 0 Å². The average molecular weight is 510 g/mol. The highest BCUT2D eigenvalue weighted by molar-refractivity contribution is 5.99. The maximum atomic E-state index is 13.6. The van der Waals surface area contributed by atoms with Crippen molar-refractivity contribution in [2.24, 2.45) is 5.73 Å². The molecule has 12 nitrogen and oxygen atoms in total. The Morgan fingerprint density at radius 1 is 1.05 bits per heavy atom. The standard InChI is InChI=1S/C24H23FN6O6/c25-17-5-2-6-18(12-17)28-24(34)30-10-9-29(23(33)19-7-8-20(37-19)31(35)36)22(30)21(32)27-14-16-4-1-3-15(11-16)13-26/h1-8,11-12,22H,9-10,13-14,26H2,(H,27,32)(H,28,34). The van der Waals surface area contributed by atoms with E-state index in [-0.39, 0.29) is 31.1 Å². The van der Waals surface area contributed by atoms with Gasteiger partial charge in [0.2, 0.25) is 0 Å². The van der Waals surface area contributed by atoms with Crippen LogP contribution in [0, 0.1) is 15.9 Å². The van der Waals surface area contributed by atoms with E-state index in [0.717, 1.165) is 39.1 Å². The highest BCUT2D eigenvalue weighted by Crippen LogP contribution is 2.23. The van der Waals surface area contributed by atoms with Gasteiger partial charge in [-0.2, -0.15) is 0 Å². The number of nitrogens with two attached hydrogens (primary N) is 1. The molecule has 1 unspecified atom stereocenters. The van der Waals surface area contributed by atoms with Crippen molar-refractivity contribution >= 4 is 29.4 Å². The van der Waals surface area contributed by atoms with Crippen LogP contribution in [0.4, 0.5) is 20.8 Å². The largest absolute Gasteiger partial charge is 0.433 e. The first-order valence-corrected chi connectivity index (χ1v) is 11.2. The molecule has 1 saturated heterocycles. The Morgan fingerprint density at radius 3 is 2.49 bits per heavy atom. The SMILES string of the molecule is NCc1cccc(CNC(=O)C2N(C(=O)Nc3cccc(F)c3)CCN2C(=O)c2ccc([N+](=O)[O-])o2)c1. The van der Waals surface area contributed by atoms with Gasteiger partial charge in [-0.05, 0) is 35.4 Å². The number of hydrogen-bond acceptors (Lipinski definition) is 7. The molecule has 2 aromatic carbocycles. The molecule has 4 N–H and O–H groups in total. The Balaban J connectivity index is 1.57. The fraction of sp³-hybridized carbons (Fsp3) is 0.208. The molecular formula is C24H23FN6O6. The van der Waals surface area contributed by atoms with E-state index in [1.807, 2.05) is 12.1 Å². The summed E-state index contributed by atoms with van der Waals surface area (Å²) >= 11 is 0. The molecule has 3 aromatic rings. The van der Waals surface area contributed by atoms with Crippen LogP contribution in [-0.4, -0.2) is 51.8 Å².